The SMILES string of the molecule is Cn1c(=O)c2ccccc2n2c(SCC(=O)N3CC[C@@H]4CCCC[C@H]4C3)nnc12. The molecule has 3 heterocycles. The van der Waals surface area contributed by atoms with E-state index < -0.39 is 0 Å². The molecule has 1 saturated heterocycles. The van der Waals surface area contributed by atoms with Crippen LogP contribution in [0.1, 0.15) is 32.1 Å². The Morgan fingerprint density at radius 3 is 2.79 bits per heavy atom. The van der Waals surface area contributed by atoms with Crippen LogP contribution in [-0.2, 0) is 11.8 Å². The van der Waals surface area contributed by atoms with Gasteiger partial charge in [-0.05, 0) is 36.8 Å². The van der Waals surface area contributed by atoms with E-state index in [-0.39, 0.29) is 11.5 Å². The molecule has 0 spiro atoms. The number of amides is 1. The van der Waals surface area contributed by atoms with Crippen molar-refractivity contribution in [2.75, 3.05) is 18.8 Å². The summed E-state index contributed by atoms with van der Waals surface area (Å²) in [5, 5.41) is 9.75. The highest BCUT2D eigenvalue weighted by atomic mass is 32.2. The molecule has 0 unspecified atom stereocenters. The van der Waals surface area contributed by atoms with Gasteiger partial charge in [0.05, 0.1) is 16.7 Å². The standard InChI is InChI=1S/C21H25N5O2S/c1-24-19(28)16-8-4-5-9-17(16)26-20(24)22-23-21(26)29-13-18(27)25-11-10-14-6-2-3-7-15(14)12-25/h4-5,8-9,14-15H,2-3,6-7,10-13H2,1H3/t14-,15-/m0/s1. The van der Waals surface area contributed by atoms with Crippen molar-refractivity contribution in [3.8, 4) is 0 Å². The fourth-order valence-corrected chi connectivity index (χ4v) is 5.79. The summed E-state index contributed by atoms with van der Waals surface area (Å²) in [6, 6.07) is 7.46. The minimum atomic E-state index is -0.0940. The summed E-state index contributed by atoms with van der Waals surface area (Å²) < 4.78 is 3.39. The van der Waals surface area contributed by atoms with Gasteiger partial charge >= 0.3 is 0 Å². The Bertz CT molecular complexity index is 1140. The predicted octanol–water partition coefficient (Wildman–Crippen LogP) is 2.71. The number of likely N-dealkylation sites (tertiary alicyclic amines) is 1. The van der Waals surface area contributed by atoms with Gasteiger partial charge in [0.1, 0.15) is 0 Å². The molecule has 3 aromatic rings. The summed E-state index contributed by atoms with van der Waals surface area (Å²) in [5.74, 6) is 2.50. The average Bonchev–Trinajstić information content (AvgIpc) is 3.19. The molecule has 2 aliphatic rings. The number of piperidine rings is 1. The molecule has 1 amide bonds. The molecule has 29 heavy (non-hydrogen) atoms. The Labute approximate surface area is 173 Å². The minimum absolute atomic E-state index is 0.0940. The molecule has 5 rings (SSSR count). The molecule has 1 saturated carbocycles. The van der Waals surface area contributed by atoms with Crippen molar-refractivity contribution in [1.29, 1.82) is 0 Å². The second kappa shape index (κ2) is 7.48. The monoisotopic (exact) mass is 411 g/mol. The van der Waals surface area contributed by atoms with Gasteiger partial charge < -0.3 is 4.90 Å². The number of hydrogen-bond acceptors (Lipinski definition) is 5. The van der Waals surface area contributed by atoms with Crippen molar-refractivity contribution >= 4 is 34.3 Å². The molecule has 7 nitrogen and oxygen atoms in total. The number of para-hydroxylation sites is 1. The highest BCUT2D eigenvalue weighted by molar-refractivity contribution is 7.99. The van der Waals surface area contributed by atoms with Crippen LogP contribution in [0.2, 0.25) is 0 Å². The number of benzene rings is 1. The average molecular weight is 412 g/mol. The van der Waals surface area contributed by atoms with Crippen molar-refractivity contribution in [2.24, 2.45) is 18.9 Å². The van der Waals surface area contributed by atoms with E-state index in [0.29, 0.717) is 28.0 Å². The van der Waals surface area contributed by atoms with Crippen molar-refractivity contribution < 1.29 is 4.79 Å². The van der Waals surface area contributed by atoms with Gasteiger partial charge in [-0.3, -0.25) is 18.6 Å². The van der Waals surface area contributed by atoms with Gasteiger partial charge in [-0.15, -0.1) is 10.2 Å². The zero-order chi connectivity index (χ0) is 20.0. The second-order valence-corrected chi connectivity index (χ2v) is 9.16. The van der Waals surface area contributed by atoms with Crippen LogP contribution in [0.3, 0.4) is 0 Å². The number of thioether (sulfide) groups is 1. The molecule has 0 radical (unpaired) electrons. The Kier molecular flexibility index (Phi) is 4.81. The van der Waals surface area contributed by atoms with E-state index in [9.17, 15) is 9.59 Å². The molecule has 1 aliphatic carbocycles. The van der Waals surface area contributed by atoms with Gasteiger partial charge in [-0.2, -0.15) is 0 Å². The number of fused-ring (bicyclic) bond motifs is 4. The topological polar surface area (TPSA) is 72.5 Å². The molecular weight excluding hydrogens is 386 g/mol. The smallest absolute Gasteiger partial charge is 0.262 e. The molecule has 1 aliphatic heterocycles. The normalized spacial score (nSPS) is 22.2. The molecule has 1 aromatic carbocycles. The van der Waals surface area contributed by atoms with Gasteiger partial charge in [0.2, 0.25) is 11.7 Å². The van der Waals surface area contributed by atoms with Crippen LogP contribution in [-0.4, -0.2) is 48.8 Å². The van der Waals surface area contributed by atoms with Crippen LogP contribution in [0.5, 0.6) is 0 Å². The molecule has 2 fully saturated rings. The Morgan fingerprint density at radius 2 is 1.93 bits per heavy atom. The number of hydrogen-bond donors (Lipinski definition) is 0. The van der Waals surface area contributed by atoms with E-state index in [1.807, 2.05) is 33.6 Å². The maximum Gasteiger partial charge on any atom is 0.262 e. The highest BCUT2D eigenvalue weighted by Crippen LogP contribution is 2.36. The number of carbonyl (C=O) groups excluding carboxylic acids is 1. The predicted molar refractivity (Wildman–Crippen MR) is 113 cm³/mol. The number of carbonyl (C=O) groups is 1. The largest absolute Gasteiger partial charge is 0.342 e. The highest BCUT2D eigenvalue weighted by Gasteiger charge is 2.33. The number of aromatic nitrogens is 4. The first-order valence-electron chi connectivity index (χ1n) is 10.4. The summed E-state index contributed by atoms with van der Waals surface area (Å²) in [5.41, 5.74) is 0.678. The van der Waals surface area contributed by atoms with E-state index in [0.717, 1.165) is 30.9 Å². The van der Waals surface area contributed by atoms with Crippen molar-refractivity contribution in [2.45, 2.75) is 37.3 Å². The van der Waals surface area contributed by atoms with E-state index in [1.165, 1.54) is 42.0 Å². The zero-order valence-corrected chi connectivity index (χ0v) is 17.4. The molecule has 8 heteroatoms. The van der Waals surface area contributed by atoms with Gasteiger partial charge in [0.25, 0.3) is 5.56 Å². The van der Waals surface area contributed by atoms with Gasteiger partial charge in [-0.1, -0.05) is 43.2 Å². The Balaban J connectivity index is 1.37. The third kappa shape index (κ3) is 3.23. The maximum absolute atomic E-state index is 12.9. The summed E-state index contributed by atoms with van der Waals surface area (Å²) in [4.78, 5) is 27.5. The molecule has 0 N–H and O–H groups in total. The summed E-state index contributed by atoms with van der Waals surface area (Å²) >= 11 is 1.40. The lowest BCUT2D eigenvalue weighted by atomic mass is 9.75. The van der Waals surface area contributed by atoms with Gasteiger partial charge in [0, 0.05) is 20.1 Å². The molecule has 2 aromatic heterocycles. The van der Waals surface area contributed by atoms with Crippen LogP contribution >= 0.6 is 11.8 Å². The van der Waals surface area contributed by atoms with Crippen LogP contribution in [0.4, 0.5) is 0 Å². The first-order chi connectivity index (χ1) is 14.1. The molecule has 152 valence electrons. The molecule has 0 bridgehead atoms. The summed E-state index contributed by atoms with van der Waals surface area (Å²) in [6.07, 6.45) is 6.38. The maximum atomic E-state index is 12.9. The van der Waals surface area contributed by atoms with Crippen molar-refractivity contribution in [3.05, 3.63) is 34.6 Å². The van der Waals surface area contributed by atoms with Gasteiger partial charge in [-0.25, -0.2) is 0 Å². The van der Waals surface area contributed by atoms with Gasteiger partial charge in [0.15, 0.2) is 5.16 Å². The Morgan fingerprint density at radius 1 is 1.14 bits per heavy atom. The van der Waals surface area contributed by atoms with Crippen LogP contribution in [0, 0.1) is 11.8 Å². The lowest BCUT2D eigenvalue weighted by Crippen LogP contribution is -2.45. The fraction of sp³-hybridized carbons (Fsp3) is 0.524. The zero-order valence-electron chi connectivity index (χ0n) is 16.6. The van der Waals surface area contributed by atoms with Crippen LogP contribution in [0.25, 0.3) is 16.7 Å². The number of nitrogens with zero attached hydrogens (tertiary/aromatic N) is 5. The second-order valence-electron chi connectivity index (χ2n) is 8.22. The van der Waals surface area contributed by atoms with Crippen LogP contribution in [0.15, 0.2) is 34.2 Å². The number of aryl methyl sites for hydroxylation is 1. The lowest BCUT2D eigenvalue weighted by Gasteiger charge is -2.41. The first kappa shape index (κ1) is 18.7. The fourth-order valence-electron chi connectivity index (χ4n) is 4.95. The summed E-state index contributed by atoms with van der Waals surface area (Å²) in [7, 11) is 1.70. The van der Waals surface area contributed by atoms with Crippen LogP contribution < -0.4 is 5.56 Å². The molecule has 2 atom stereocenters. The van der Waals surface area contributed by atoms with Crippen molar-refractivity contribution in [1.82, 2.24) is 24.1 Å². The van der Waals surface area contributed by atoms with E-state index in [4.69, 9.17) is 0 Å². The molecular formula is C21H25N5O2S. The van der Waals surface area contributed by atoms with E-state index >= 15 is 0 Å². The number of rotatable bonds is 3. The summed E-state index contributed by atoms with van der Waals surface area (Å²) in [6.45, 7) is 1.78. The van der Waals surface area contributed by atoms with E-state index in [2.05, 4.69) is 10.2 Å². The quantitative estimate of drug-likeness (QED) is 0.620. The Hall–Kier alpha value is -2.35. The lowest BCUT2D eigenvalue weighted by molar-refractivity contribution is -0.131. The third-order valence-corrected chi connectivity index (χ3v) is 7.48. The minimum Gasteiger partial charge on any atom is -0.342 e. The first-order valence-corrected chi connectivity index (χ1v) is 11.4. The van der Waals surface area contributed by atoms with E-state index in [1.54, 1.807) is 7.05 Å². The van der Waals surface area contributed by atoms with Crippen molar-refractivity contribution in [3.63, 3.8) is 0 Å². The third-order valence-electron chi connectivity index (χ3n) is 6.56.